The lowest BCUT2D eigenvalue weighted by Crippen LogP contribution is -2.06. The number of nitrogens with zero attached hydrogens (tertiary/aromatic N) is 1. The minimum atomic E-state index is -1.21. The summed E-state index contributed by atoms with van der Waals surface area (Å²) in [7, 11) is 1.20. The third-order valence-corrected chi connectivity index (χ3v) is 1.76. The van der Waals surface area contributed by atoms with E-state index >= 15 is 0 Å². The molecule has 0 saturated heterocycles. The van der Waals surface area contributed by atoms with Gasteiger partial charge < -0.3 is 9.84 Å². The summed E-state index contributed by atoms with van der Waals surface area (Å²) in [5, 5.41) is 8.38. The number of halogens is 1. The van der Waals surface area contributed by atoms with E-state index in [1.165, 1.54) is 19.2 Å². The van der Waals surface area contributed by atoms with Crippen LogP contribution in [-0.2, 0) is 4.74 Å². The first-order valence-electron chi connectivity index (χ1n) is 3.54. The highest BCUT2D eigenvalue weighted by atomic mass is 35.5. The van der Waals surface area contributed by atoms with Crippen molar-refractivity contribution in [1.29, 1.82) is 0 Å². The van der Waals surface area contributed by atoms with Gasteiger partial charge in [-0.25, -0.2) is 14.6 Å². The van der Waals surface area contributed by atoms with E-state index in [4.69, 9.17) is 16.7 Å². The number of aromatic nitrogens is 1. The molecule has 0 unspecified atom stereocenters. The number of carbonyl (C=O) groups is 2. The fraction of sp³-hybridized carbons (Fsp3) is 0.125. The van der Waals surface area contributed by atoms with Crippen molar-refractivity contribution >= 4 is 23.5 Å². The van der Waals surface area contributed by atoms with Gasteiger partial charge in [0.1, 0.15) is 10.8 Å². The average Bonchev–Trinajstić information content (AvgIpc) is 2.16. The molecule has 1 N–H and O–H groups in total. The van der Waals surface area contributed by atoms with Crippen LogP contribution in [0.2, 0.25) is 5.15 Å². The smallest absolute Gasteiger partial charge is 0.354 e. The van der Waals surface area contributed by atoms with Gasteiger partial charge in [-0.2, -0.15) is 0 Å². The molecule has 0 bridgehead atoms. The van der Waals surface area contributed by atoms with Gasteiger partial charge in [0.05, 0.1) is 12.7 Å². The lowest BCUT2D eigenvalue weighted by molar-refractivity contribution is 0.0597. The van der Waals surface area contributed by atoms with E-state index in [2.05, 4.69) is 9.72 Å². The van der Waals surface area contributed by atoms with Gasteiger partial charge in [-0.3, -0.25) is 0 Å². The molecule has 0 atom stereocenters. The number of rotatable bonds is 2. The number of hydrogen-bond donors (Lipinski definition) is 1. The molecule has 0 amide bonds. The summed E-state index contributed by atoms with van der Waals surface area (Å²) in [4.78, 5) is 25.0. The molecule has 1 heterocycles. The topological polar surface area (TPSA) is 76.5 Å². The quantitative estimate of drug-likeness (QED) is 0.593. The Bertz CT molecular complexity index is 391. The fourth-order valence-corrected chi connectivity index (χ4v) is 1.05. The van der Waals surface area contributed by atoms with Crippen molar-refractivity contribution in [1.82, 2.24) is 4.98 Å². The minimum absolute atomic E-state index is 0.0409. The summed E-state index contributed by atoms with van der Waals surface area (Å²) in [6, 6.07) is 2.44. The summed E-state index contributed by atoms with van der Waals surface area (Å²) in [5.41, 5.74) is -0.179. The maximum absolute atomic E-state index is 11.0. The zero-order chi connectivity index (χ0) is 10.7. The van der Waals surface area contributed by atoms with Gasteiger partial charge in [0.15, 0.2) is 0 Å². The lowest BCUT2D eigenvalue weighted by Gasteiger charge is -2.01. The Balaban J connectivity index is 3.14. The standard InChI is InChI=1S/C8H6ClNO4/c1-14-8(13)4-2-3-5(7(11)12)10-6(4)9/h2-3H,1H3,(H,11,12). The van der Waals surface area contributed by atoms with Crippen molar-refractivity contribution in [2.75, 3.05) is 7.11 Å². The third-order valence-electron chi connectivity index (χ3n) is 1.47. The molecule has 6 heteroatoms. The number of pyridine rings is 1. The molecule has 74 valence electrons. The molecular formula is C8H6ClNO4. The normalized spacial score (nSPS) is 9.57. The second kappa shape index (κ2) is 4.06. The Morgan fingerprint density at radius 1 is 1.50 bits per heavy atom. The van der Waals surface area contributed by atoms with E-state index in [0.29, 0.717) is 0 Å². The van der Waals surface area contributed by atoms with Crippen LogP contribution in [0.1, 0.15) is 20.8 Å². The number of carbonyl (C=O) groups excluding carboxylic acids is 1. The van der Waals surface area contributed by atoms with Gasteiger partial charge in [0.25, 0.3) is 0 Å². The van der Waals surface area contributed by atoms with Crippen LogP contribution in [0.3, 0.4) is 0 Å². The number of hydrogen-bond acceptors (Lipinski definition) is 4. The van der Waals surface area contributed by atoms with E-state index in [9.17, 15) is 9.59 Å². The van der Waals surface area contributed by atoms with Crippen LogP contribution in [-0.4, -0.2) is 29.1 Å². The molecule has 14 heavy (non-hydrogen) atoms. The molecule has 0 aliphatic carbocycles. The van der Waals surface area contributed by atoms with E-state index in [1.54, 1.807) is 0 Å². The monoisotopic (exact) mass is 215 g/mol. The van der Waals surface area contributed by atoms with E-state index < -0.39 is 11.9 Å². The molecule has 0 radical (unpaired) electrons. The van der Waals surface area contributed by atoms with Crippen LogP contribution < -0.4 is 0 Å². The second-order valence-corrected chi connectivity index (χ2v) is 2.69. The average molecular weight is 216 g/mol. The summed E-state index contributed by atoms with van der Waals surface area (Å²) < 4.78 is 4.41. The highest BCUT2D eigenvalue weighted by molar-refractivity contribution is 6.32. The molecule has 0 spiro atoms. The Labute approximate surface area is 84.3 Å². The van der Waals surface area contributed by atoms with Crippen LogP contribution in [0.5, 0.6) is 0 Å². The van der Waals surface area contributed by atoms with Crippen molar-refractivity contribution < 1.29 is 19.4 Å². The van der Waals surface area contributed by atoms with Crippen molar-refractivity contribution in [3.63, 3.8) is 0 Å². The van der Waals surface area contributed by atoms with Crippen molar-refractivity contribution in [3.8, 4) is 0 Å². The Kier molecular flexibility index (Phi) is 3.03. The molecule has 0 saturated carbocycles. The zero-order valence-corrected chi connectivity index (χ0v) is 7.91. The Morgan fingerprint density at radius 2 is 2.14 bits per heavy atom. The summed E-state index contributed by atoms with van der Waals surface area (Å²) in [6.07, 6.45) is 0. The molecule has 1 aromatic rings. The molecule has 0 fully saturated rings. The minimum Gasteiger partial charge on any atom is -0.477 e. The van der Waals surface area contributed by atoms with Crippen molar-refractivity contribution in [2.24, 2.45) is 0 Å². The fourth-order valence-electron chi connectivity index (χ4n) is 0.816. The number of carboxylic acids is 1. The van der Waals surface area contributed by atoms with Crippen LogP contribution in [0.15, 0.2) is 12.1 Å². The maximum atomic E-state index is 11.0. The largest absolute Gasteiger partial charge is 0.477 e. The number of carboxylic acid groups (broad SMARTS) is 1. The molecule has 0 aliphatic heterocycles. The summed E-state index contributed by atoms with van der Waals surface area (Å²) in [5.74, 6) is -1.86. The molecule has 0 aliphatic rings. The number of methoxy groups -OCH3 is 1. The van der Waals surface area contributed by atoms with Gasteiger partial charge in [-0.1, -0.05) is 11.6 Å². The Morgan fingerprint density at radius 3 is 2.57 bits per heavy atom. The van der Waals surface area contributed by atoms with E-state index in [-0.39, 0.29) is 16.4 Å². The number of esters is 1. The lowest BCUT2D eigenvalue weighted by atomic mass is 10.2. The first kappa shape index (κ1) is 10.5. The predicted octanol–water partition coefficient (Wildman–Crippen LogP) is 1.22. The van der Waals surface area contributed by atoms with E-state index in [1.807, 2.05) is 0 Å². The van der Waals surface area contributed by atoms with Gasteiger partial charge in [0.2, 0.25) is 0 Å². The summed E-state index contributed by atoms with van der Waals surface area (Å²) >= 11 is 5.57. The first-order valence-corrected chi connectivity index (χ1v) is 3.92. The van der Waals surface area contributed by atoms with Gasteiger partial charge in [0, 0.05) is 0 Å². The molecular weight excluding hydrogens is 210 g/mol. The number of aromatic carboxylic acids is 1. The van der Waals surface area contributed by atoms with Crippen LogP contribution >= 0.6 is 11.6 Å². The number of ether oxygens (including phenoxy) is 1. The third kappa shape index (κ3) is 2.00. The van der Waals surface area contributed by atoms with Gasteiger partial charge >= 0.3 is 11.9 Å². The zero-order valence-electron chi connectivity index (χ0n) is 7.15. The van der Waals surface area contributed by atoms with Crippen molar-refractivity contribution in [3.05, 3.63) is 28.5 Å². The summed E-state index contributed by atoms with van der Waals surface area (Å²) in [6.45, 7) is 0. The second-order valence-electron chi connectivity index (χ2n) is 2.33. The maximum Gasteiger partial charge on any atom is 0.354 e. The Hall–Kier alpha value is -1.62. The molecule has 1 aromatic heterocycles. The molecule has 0 aromatic carbocycles. The first-order chi connectivity index (χ1) is 6.56. The van der Waals surface area contributed by atoms with Gasteiger partial charge in [-0.05, 0) is 12.1 Å². The van der Waals surface area contributed by atoms with E-state index in [0.717, 1.165) is 0 Å². The van der Waals surface area contributed by atoms with Crippen LogP contribution in [0.25, 0.3) is 0 Å². The highest BCUT2D eigenvalue weighted by Crippen LogP contribution is 2.14. The van der Waals surface area contributed by atoms with Crippen LogP contribution in [0, 0.1) is 0 Å². The molecule has 1 rings (SSSR count). The van der Waals surface area contributed by atoms with Gasteiger partial charge in [-0.15, -0.1) is 0 Å². The SMILES string of the molecule is COC(=O)c1ccc(C(=O)O)nc1Cl. The highest BCUT2D eigenvalue weighted by Gasteiger charge is 2.14. The van der Waals surface area contributed by atoms with Crippen LogP contribution in [0.4, 0.5) is 0 Å². The molecule has 5 nitrogen and oxygen atoms in total. The van der Waals surface area contributed by atoms with Crippen molar-refractivity contribution in [2.45, 2.75) is 0 Å². The predicted molar refractivity (Wildman–Crippen MR) is 47.5 cm³/mol.